The Balaban J connectivity index is 1.76. The Morgan fingerprint density at radius 3 is 2.75 bits per heavy atom. The number of anilines is 1. The second-order valence-corrected chi connectivity index (χ2v) is 7.97. The molecule has 0 aliphatic rings. The first-order valence-corrected chi connectivity index (χ1v) is 11.1. The molecule has 0 aliphatic carbocycles. The van der Waals surface area contributed by atoms with Crippen LogP contribution in [0.4, 0.5) is 5.13 Å². The predicted molar refractivity (Wildman–Crippen MR) is 118 cm³/mol. The van der Waals surface area contributed by atoms with Crippen LogP contribution in [0.5, 0.6) is 5.75 Å². The maximum Gasteiger partial charge on any atom is 0.226 e. The van der Waals surface area contributed by atoms with Gasteiger partial charge in [0.2, 0.25) is 5.91 Å². The minimum atomic E-state index is 0.00620. The van der Waals surface area contributed by atoms with Crippen molar-refractivity contribution in [2.75, 3.05) is 39.1 Å². The number of unbranched alkanes of at least 4 members (excludes halogenated alkanes) is 2. The van der Waals surface area contributed by atoms with E-state index >= 15 is 0 Å². The molecule has 1 aromatic heterocycles. The second-order valence-electron chi connectivity index (χ2n) is 6.59. The quantitative estimate of drug-likeness (QED) is 0.336. The Hall–Kier alpha value is -1.65. The number of rotatable bonds is 13. The van der Waals surface area contributed by atoms with Gasteiger partial charge in [0.05, 0.1) is 5.69 Å². The third-order valence-electron chi connectivity index (χ3n) is 3.97. The molecule has 1 heterocycles. The van der Waals surface area contributed by atoms with Gasteiger partial charge in [0.15, 0.2) is 5.13 Å². The highest BCUT2D eigenvalue weighted by molar-refractivity contribution is 7.95. The summed E-state index contributed by atoms with van der Waals surface area (Å²) >= 11 is 2.57. The molecule has 2 rings (SSSR count). The molecule has 9 heteroatoms. The second kappa shape index (κ2) is 12.7. The molecule has 1 aromatic carbocycles. The molecule has 28 heavy (non-hydrogen) atoms. The normalized spacial score (nSPS) is 11.0. The van der Waals surface area contributed by atoms with E-state index in [2.05, 4.69) is 19.9 Å². The minimum absolute atomic E-state index is 0.00620. The molecular weight excluding hydrogens is 394 g/mol. The number of ether oxygens (including phenoxy) is 1. The summed E-state index contributed by atoms with van der Waals surface area (Å²) in [6.45, 7) is 2.39. The largest absolute Gasteiger partial charge is 0.492 e. The zero-order chi connectivity index (χ0) is 20.2. The molecule has 0 aliphatic heterocycles. The van der Waals surface area contributed by atoms with E-state index in [4.69, 9.17) is 9.88 Å². The maximum absolute atomic E-state index is 12.0. The van der Waals surface area contributed by atoms with Crippen molar-refractivity contribution in [3.05, 3.63) is 29.6 Å². The van der Waals surface area contributed by atoms with E-state index in [0.29, 0.717) is 18.2 Å². The van der Waals surface area contributed by atoms with Crippen molar-refractivity contribution in [3.63, 3.8) is 0 Å². The first-order valence-electron chi connectivity index (χ1n) is 9.30. The number of benzene rings is 1. The third kappa shape index (κ3) is 8.57. The Bertz CT molecular complexity index is 707. The van der Waals surface area contributed by atoms with Crippen molar-refractivity contribution in [2.24, 2.45) is 5.14 Å². The highest BCUT2D eigenvalue weighted by Crippen LogP contribution is 2.26. The molecule has 2 aromatic rings. The van der Waals surface area contributed by atoms with Crippen LogP contribution in [0.1, 0.15) is 25.7 Å². The number of likely N-dealkylation sites (N-methyl/N-ethyl adjacent to an activating group) is 1. The molecule has 0 spiro atoms. The molecule has 0 fully saturated rings. The molecule has 0 radical (unpaired) electrons. The summed E-state index contributed by atoms with van der Waals surface area (Å²) in [5, 5.41) is 10.8. The number of nitrogens with two attached hydrogens (primary N) is 1. The van der Waals surface area contributed by atoms with E-state index in [0.717, 1.165) is 61.5 Å². The van der Waals surface area contributed by atoms with Gasteiger partial charge in [-0.2, -0.15) is 0 Å². The molecule has 0 unspecified atom stereocenters. The first kappa shape index (κ1) is 22.6. The van der Waals surface area contributed by atoms with Crippen LogP contribution in [0.25, 0.3) is 11.3 Å². The van der Waals surface area contributed by atoms with Crippen LogP contribution in [-0.2, 0) is 4.79 Å². The molecule has 0 saturated heterocycles. The van der Waals surface area contributed by atoms with Crippen LogP contribution >= 0.6 is 23.5 Å². The fourth-order valence-electron chi connectivity index (χ4n) is 2.43. The van der Waals surface area contributed by atoms with Crippen LogP contribution in [-0.4, -0.2) is 49.6 Å². The van der Waals surface area contributed by atoms with Gasteiger partial charge in [-0.25, -0.2) is 4.98 Å². The molecule has 4 N–H and O–H groups in total. The van der Waals surface area contributed by atoms with Gasteiger partial charge >= 0.3 is 0 Å². The Morgan fingerprint density at radius 1 is 1.25 bits per heavy atom. The van der Waals surface area contributed by atoms with Crippen LogP contribution in [0, 0.1) is 0 Å². The highest BCUT2D eigenvalue weighted by atomic mass is 32.2. The van der Waals surface area contributed by atoms with Crippen LogP contribution in [0.15, 0.2) is 29.6 Å². The van der Waals surface area contributed by atoms with Crippen molar-refractivity contribution in [1.29, 1.82) is 0 Å². The van der Waals surface area contributed by atoms with Gasteiger partial charge in [0.25, 0.3) is 0 Å². The molecule has 154 valence electrons. The first-order chi connectivity index (χ1) is 13.6. The fraction of sp³-hybridized carbons (Fsp3) is 0.474. The third-order valence-corrected chi connectivity index (χ3v) is 5.10. The van der Waals surface area contributed by atoms with Crippen molar-refractivity contribution < 1.29 is 9.53 Å². The lowest BCUT2D eigenvalue weighted by atomic mass is 10.2. The van der Waals surface area contributed by atoms with Crippen molar-refractivity contribution in [2.45, 2.75) is 25.7 Å². The van der Waals surface area contributed by atoms with E-state index in [1.807, 2.05) is 43.7 Å². The SMILES string of the molecule is CN(C)CCOc1ccc(-c2csc(NC(=O)CCCCCNSN)n2)cc1. The summed E-state index contributed by atoms with van der Waals surface area (Å²) in [7, 11) is 4.04. The summed E-state index contributed by atoms with van der Waals surface area (Å²) in [4.78, 5) is 18.6. The topological polar surface area (TPSA) is 92.5 Å². The number of amides is 1. The van der Waals surface area contributed by atoms with E-state index in [-0.39, 0.29) is 5.91 Å². The number of thiazole rings is 1. The lowest BCUT2D eigenvalue weighted by Gasteiger charge is -2.11. The van der Waals surface area contributed by atoms with E-state index in [1.54, 1.807) is 0 Å². The number of nitrogens with zero attached hydrogens (tertiary/aromatic N) is 2. The van der Waals surface area contributed by atoms with Crippen molar-refractivity contribution >= 4 is 34.5 Å². The molecule has 0 bridgehead atoms. The lowest BCUT2D eigenvalue weighted by Crippen LogP contribution is -2.19. The summed E-state index contributed by atoms with van der Waals surface area (Å²) in [6.07, 6.45) is 3.36. The molecule has 1 amide bonds. The highest BCUT2D eigenvalue weighted by Gasteiger charge is 2.08. The van der Waals surface area contributed by atoms with Gasteiger partial charge in [-0.1, -0.05) is 6.42 Å². The van der Waals surface area contributed by atoms with Gasteiger partial charge in [-0.15, -0.1) is 11.3 Å². The summed E-state index contributed by atoms with van der Waals surface area (Å²) in [6, 6.07) is 7.86. The lowest BCUT2D eigenvalue weighted by molar-refractivity contribution is -0.116. The zero-order valence-corrected chi connectivity index (χ0v) is 18.1. The number of hydrogen-bond acceptors (Lipinski definition) is 8. The van der Waals surface area contributed by atoms with Gasteiger partial charge in [-0.05, 0) is 51.2 Å². The Kier molecular flexibility index (Phi) is 10.3. The molecule has 0 saturated carbocycles. The Morgan fingerprint density at radius 2 is 2.04 bits per heavy atom. The number of aromatic nitrogens is 1. The number of nitrogens with one attached hydrogen (secondary N) is 2. The standard InChI is InChI=1S/C19H29N5O2S2/c1-24(2)12-13-26-16-9-7-15(8-10-16)17-14-27-19(22-17)23-18(25)6-4-3-5-11-21-28-20/h7-10,14,21H,3-6,11-13,20H2,1-2H3,(H,22,23,25). The van der Waals surface area contributed by atoms with E-state index in [9.17, 15) is 4.79 Å². The van der Waals surface area contributed by atoms with Gasteiger partial charge < -0.3 is 15.0 Å². The molecule has 7 nitrogen and oxygen atoms in total. The van der Waals surface area contributed by atoms with Gasteiger partial charge in [0, 0.05) is 42.6 Å². The Labute approximate surface area is 175 Å². The van der Waals surface area contributed by atoms with Crippen molar-refractivity contribution in [1.82, 2.24) is 14.6 Å². The summed E-state index contributed by atoms with van der Waals surface area (Å²) in [5.74, 6) is 0.848. The summed E-state index contributed by atoms with van der Waals surface area (Å²) < 4.78 is 8.69. The van der Waals surface area contributed by atoms with E-state index in [1.165, 1.54) is 11.3 Å². The van der Waals surface area contributed by atoms with Crippen molar-refractivity contribution in [3.8, 4) is 17.0 Å². The van der Waals surface area contributed by atoms with E-state index < -0.39 is 0 Å². The van der Waals surface area contributed by atoms with Crippen LogP contribution < -0.4 is 19.9 Å². The average molecular weight is 424 g/mol. The van der Waals surface area contributed by atoms with Crippen LogP contribution in [0.3, 0.4) is 0 Å². The smallest absolute Gasteiger partial charge is 0.226 e. The monoisotopic (exact) mass is 423 g/mol. The average Bonchev–Trinajstić information content (AvgIpc) is 3.13. The zero-order valence-electron chi connectivity index (χ0n) is 16.4. The fourth-order valence-corrected chi connectivity index (χ4v) is 3.43. The van der Waals surface area contributed by atoms with Gasteiger partial charge in [0.1, 0.15) is 12.4 Å². The van der Waals surface area contributed by atoms with Crippen LogP contribution in [0.2, 0.25) is 0 Å². The predicted octanol–water partition coefficient (Wildman–Crippen LogP) is 3.36. The van der Waals surface area contributed by atoms with Gasteiger partial charge in [-0.3, -0.25) is 14.7 Å². The number of carbonyl (C=O) groups excluding carboxylic acids is 1. The number of carbonyl (C=O) groups is 1. The molecular formula is C19H29N5O2S2. The molecule has 0 atom stereocenters. The number of hydrogen-bond donors (Lipinski definition) is 3. The minimum Gasteiger partial charge on any atom is -0.492 e. The summed E-state index contributed by atoms with van der Waals surface area (Å²) in [5.41, 5.74) is 1.85. The maximum atomic E-state index is 12.0.